The minimum atomic E-state index is 0.486. The van der Waals surface area contributed by atoms with E-state index >= 15 is 0 Å². The number of methoxy groups -OCH3 is 1. The van der Waals surface area contributed by atoms with E-state index in [0.29, 0.717) is 18.1 Å². The van der Waals surface area contributed by atoms with Gasteiger partial charge in [0.15, 0.2) is 11.5 Å². The Bertz CT molecular complexity index is 592. The maximum atomic E-state index is 5.81. The first-order valence-corrected chi connectivity index (χ1v) is 6.32. The second-order valence-electron chi connectivity index (χ2n) is 4.46. The third-order valence-corrected chi connectivity index (χ3v) is 2.93. The molecule has 2 aromatic carbocycles. The summed E-state index contributed by atoms with van der Waals surface area (Å²) in [5, 5.41) is 3.51. The highest BCUT2D eigenvalue weighted by Crippen LogP contribution is 2.28. The first-order valence-electron chi connectivity index (χ1n) is 6.32. The van der Waals surface area contributed by atoms with Crippen LogP contribution in [0.15, 0.2) is 47.6 Å². The lowest BCUT2D eigenvalue weighted by molar-refractivity contribution is 0.284. The molecule has 2 rings (SSSR count). The van der Waals surface area contributed by atoms with Crippen LogP contribution in [0.4, 0.5) is 0 Å². The molecule has 0 unspecified atom stereocenters. The average Bonchev–Trinajstić information content (AvgIpc) is 2.47. The molecule has 2 N–H and O–H groups in total. The van der Waals surface area contributed by atoms with Gasteiger partial charge in [0, 0.05) is 0 Å². The van der Waals surface area contributed by atoms with Crippen molar-refractivity contribution in [2.24, 2.45) is 10.9 Å². The fourth-order valence-corrected chi connectivity index (χ4v) is 1.82. The zero-order valence-corrected chi connectivity index (χ0v) is 11.7. The molecule has 0 bridgehead atoms. The van der Waals surface area contributed by atoms with Crippen molar-refractivity contribution in [2.45, 2.75) is 13.5 Å². The van der Waals surface area contributed by atoms with Crippen LogP contribution in [0.3, 0.4) is 0 Å². The number of nitrogens with two attached hydrogens (primary N) is 1. The minimum absolute atomic E-state index is 0.486. The molecule has 4 heteroatoms. The summed E-state index contributed by atoms with van der Waals surface area (Å²) in [5.41, 5.74) is 3.20. The summed E-state index contributed by atoms with van der Waals surface area (Å²) in [7, 11) is 1.62. The minimum Gasteiger partial charge on any atom is -0.493 e. The van der Waals surface area contributed by atoms with Crippen LogP contribution in [-0.2, 0) is 6.61 Å². The van der Waals surface area contributed by atoms with Crippen LogP contribution >= 0.6 is 0 Å². The van der Waals surface area contributed by atoms with Crippen LogP contribution in [0, 0.1) is 6.92 Å². The highest BCUT2D eigenvalue weighted by Gasteiger charge is 2.05. The Morgan fingerprint density at radius 3 is 2.50 bits per heavy atom. The van der Waals surface area contributed by atoms with Gasteiger partial charge >= 0.3 is 0 Å². The first-order chi connectivity index (χ1) is 9.72. The van der Waals surface area contributed by atoms with Gasteiger partial charge in [0.05, 0.1) is 13.3 Å². The predicted octanol–water partition coefficient (Wildman–Crippen LogP) is 2.88. The molecule has 0 aliphatic heterocycles. The molecule has 20 heavy (non-hydrogen) atoms. The molecule has 4 nitrogen and oxygen atoms in total. The van der Waals surface area contributed by atoms with Gasteiger partial charge in [0.25, 0.3) is 0 Å². The quantitative estimate of drug-likeness (QED) is 0.516. The van der Waals surface area contributed by atoms with E-state index in [-0.39, 0.29) is 0 Å². The molecule has 0 aromatic heterocycles. The standard InChI is InChI=1S/C16H18N2O2/c1-12-3-5-13(6-4-12)11-20-16-9-14(10-18-17)7-8-15(16)19-2/h3-10H,11,17H2,1-2H3. The number of benzene rings is 2. The molecule has 0 fully saturated rings. The van der Waals surface area contributed by atoms with Crippen molar-refractivity contribution in [3.8, 4) is 11.5 Å². The normalized spacial score (nSPS) is 10.7. The van der Waals surface area contributed by atoms with Crippen LogP contribution in [0.1, 0.15) is 16.7 Å². The van der Waals surface area contributed by atoms with Gasteiger partial charge in [-0.3, -0.25) is 0 Å². The summed E-state index contributed by atoms with van der Waals surface area (Å²) in [6.07, 6.45) is 1.57. The largest absolute Gasteiger partial charge is 0.493 e. The molecule has 0 spiro atoms. The molecule has 0 aliphatic rings. The Morgan fingerprint density at radius 2 is 1.85 bits per heavy atom. The number of rotatable bonds is 5. The number of aryl methyl sites for hydroxylation is 1. The molecule has 0 saturated heterocycles. The molecule has 2 aromatic rings. The summed E-state index contributed by atoms with van der Waals surface area (Å²) in [6, 6.07) is 13.8. The second-order valence-corrected chi connectivity index (χ2v) is 4.46. The Kier molecular flexibility index (Phi) is 4.60. The molecule has 0 amide bonds. The molecule has 0 heterocycles. The van der Waals surface area contributed by atoms with Crippen molar-refractivity contribution >= 4 is 6.21 Å². The number of nitrogens with zero attached hydrogens (tertiary/aromatic N) is 1. The van der Waals surface area contributed by atoms with Crippen molar-refractivity contribution < 1.29 is 9.47 Å². The number of hydrogen-bond acceptors (Lipinski definition) is 4. The van der Waals surface area contributed by atoms with Crippen molar-refractivity contribution in [2.75, 3.05) is 7.11 Å². The fraction of sp³-hybridized carbons (Fsp3) is 0.188. The van der Waals surface area contributed by atoms with Gasteiger partial charge in [-0.15, -0.1) is 0 Å². The van der Waals surface area contributed by atoms with E-state index < -0.39 is 0 Å². The van der Waals surface area contributed by atoms with Gasteiger partial charge in [-0.1, -0.05) is 29.8 Å². The number of hydrazone groups is 1. The zero-order valence-electron chi connectivity index (χ0n) is 11.7. The third-order valence-electron chi connectivity index (χ3n) is 2.93. The molecule has 0 radical (unpaired) electrons. The van der Waals surface area contributed by atoms with Crippen LogP contribution in [0.25, 0.3) is 0 Å². The van der Waals surface area contributed by atoms with E-state index in [9.17, 15) is 0 Å². The summed E-state index contributed by atoms with van der Waals surface area (Å²) < 4.78 is 11.1. The molecule has 0 atom stereocenters. The van der Waals surface area contributed by atoms with Crippen LogP contribution < -0.4 is 15.3 Å². The maximum Gasteiger partial charge on any atom is 0.162 e. The summed E-state index contributed by atoms with van der Waals surface area (Å²) in [6.45, 7) is 2.54. The fourth-order valence-electron chi connectivity index (χ4n) is 1.82. The van der Waals surface area contributed by atoms with E-state index in [2.05, 4.69) is 24.2 Å². The van der Waals surface area contributed by atoms with Gasteiger partial charge in [-0.05, 0) is 36.2 Å². The van der Waals surface area contributed by atoms with Gasteiger partial charge in [0.1, 0.15) is 6.61 Å². The van der Waals surface area contributed by atoms with E-state index in [1.807, 2.05) is 30.3 Å². The van der Waals surface area contributed by atoms with E-state index in [4.69, 9.17) is 15.3 Å². The lowest BCUT2D eigenvalue weighted by Gasteiger charge is -2.11. The van der Waals surface area contributed by atoms with Gasteiger partial charge < -0.3 is 15.3 Å². The zero-order chi connectivity index (χ0) is 14.4. The molecular formula is C16H18N2O2. The number of ether oxygens (including phenoxy) is 2. The van der Waals surface area contributed by atoms with Crippen LogP contribution in [-0.4, -0.2) is 13.3 Å². The van der Waals surface area contributed by atoms with Gasteiger partial charge in [0.2, 0.25) is 0 Å². The summed E-state index contributed by atoms with van der Waals surface area (Å²) in [4.78, 5) is 0. The Labute approximate surface area is 118 Å². The van der Waals surface area contributed by atoms with Crippen molar-refractivity contribution in [3.05, 3.63) is 59.2 Å². The molecule has 0 aliphatic carbocycles. The third kappa shape index (κ3) is 3.51. The molecule has 0 saturated carbocycles. The molecular weight excluding hydrogens is 252 g/mol. The van der Waals surface area contributed by atoms with Crippen molar-refractivity contribution in [1.82, 2.24) is 0 Å². The second kappa shape index (κ2) is 6.61. The Balaban J connectivity index is 2.14. The lowest BCUT2D eigenvalue weighted by atomic mass is 10.1. The Hall–Kier alpha value is -2.49. The van der Waals surface area contributed by atoms with Crippen molar-refractivity contribution in [3.63, 3.8) is 0 Å². The van der Waals surface area contributed by atoms with Gasteiger partial charge in [-0.2, -0.15) is 5.10 Å². The highest BCUT2D eigenvalue weighted by molar-refractivity contribution is 5.80. The van der Waals surface area contributed by atoms with Gasteiger partial charge in [-0.25, -0.2) is 0 Å². The summed E-state index contributed by atoms with van der Waals surface area (Å²) >= 11 is 0. The topological polar surface area (TPSA) is 56.8 Å². The predicted molar refractivity (Wildman–Crippen MR) is 80.3 cm³/mol. The average molecular weight is 270 g/mol. The van der Waals surface area contributed by atoms with E-state index in [1.54, 1.807) is 13.3 Å². The number of hydrogen-bond donors (Lipinski definition) is 1. The van der Waals surface area contributed by atoms with Crippen molar-refractivity contribution in [1.29, 1.82) is 0 Å². The Morgan fingerprint density at radius 1 is 1.10 bits per heavy atom. The maximum absolute atomic E-state index is 5.81. The molecule has 104 valence electrons. The monoisotopic (exact) mass is 270 g/mol. The smallest absolute Gasteiger partial charge is 0.162 e. The summed E-state index contributed by atoms with van der Waals surface area (Å²) in [5.74, 6) is 6.52. The SMILES string of the molecule is COc1ccc(C=NN)cc1OCc1ccc(C)cc1. The van der Waals surface area contributed by atoms with Crippen LogP contribution in [0.2, 0.25) is 0 Å². The highest BCUT2D eigenvalue weighted by atomic mass is 16.5. The first kappa shape index (κ1) is 13.9. The lowest BCUT2D eigenvalue weighted by Crippen LogP contribution is -1.99. The van der Waals surface area contributed by atoms with E-state index in [1.165, 1.54) is 5.56 Å². The van der Waals surface area contributed by atoms with E-state index in [0.717, 1.165) is 11.1 Å². The van der Waals surface area contributed by atoms with Crippen LogP contribution in [0.5, 0.6) is 11.5 Å².